The van der Waals surface area contributed by atoms with Gasteiger partial charge in [0.05, 0.1) is 11.8 Å². The molecule has 0 aromatic carbocycles. The van der Waals surface area contributed by atoms with Gasteiger partial charge in [0.25, 0.3) is 5.91 Å². The number of ether oxygens (including phenoxy) is 2. The fourth-order valence-corrected chi connectivity index (χ4v) is 4.27. The quantitative estimate of drug-likeness (QED) is 0.198. The van der Waals surface area contributed by atoms with Gasteiger partial charge in [-0.3, -0.25) is 24.1 Å². The molecular weight excluding hydrogens is 550 g/mol. The molecular formula is C28H51N5O9. The molecule has 0 aromatic heterocycles. The van der Waals surface area contributed by atoms with Crippen LogP contribution in [0.3, 0.4) is 0 Å². The zero-order chi connectivity index (χ0) is 32.6. The van der Waals surface area contributed by atoms with Gasteiger partial charge in [0.15, 0.2) is 6.61 Å². The summed E-state index contributed by atoms with van der Waals surface area (Å²) in [5.74, 6) is -2.57. The number of hydrogen-bond donors (Lipinski definition) is 5. The molecule has 1 aliphatic rings. The lowest BCUT2D eigenvalue weighted by Gasteiger charge is -2.27. The van der Waals surface area contributed by atoms with Gasteiger partial charge < -0.3 is 35.8 Å². The monoisotopic (exact) mass is 601 g/mol. The van der Waals surface area contributed by atoms with E-state index in [2.05, 4.69) is 21.3 Å². The molecule has 0 spiro atoms. The van der Waals surface area contributed by atoms with Gasteiger partial charge in [-0.05, 0) is 46.5 Å². The summed E-state index contributed by atoms with van der Waals surface area (Å²) in [5.41, 5.74) is -0.662. The standard InChI is InChI=1S/C19H33N3O6.C9H18N2O3/c1-7-13(12(2)16(24)20-6)21-15(23)11-27-17(25)14-9-8-10-22(14)18(26)28-19(3,4)5;1-4-7(11-8(13)5-12)6(2)9(14)10-3/h12-14H,7-11H2,1-6H3,(H,20,24)(H,21,23);6-7,12H,4-5H2,1-3H3,(H,10,14)(H,11,13)/t12-,13?,14-;6-,7?/m00/s1. The van der Waals surface area contributed by atoms with Crippen molar-refractivity contribution in [3.8, 4) is 0 Å². The highest BCUT2D eigenvalue weighted by atomic mass is 16.6. The molecule has 0 aliphatic carbocycles. The lowest BCUT2D eigenvalue weighted by atomic mass is 9.98. The topological polar surface area (TPSA) is 192 Å². The number of hydrogen-bond acceptors (Lipinski definition) is 9. The summed E-state index contributed by atoms with van der Waals surface area (Å²) in [4.78, 5) is 72.0. The van der Waals surface area contributed by atoms with E-state index in [1.165, 1.54) is 11.9 Å². The first-order valence-corrected chi connectivity index (χ1v) is 14.4. The van der Waals surface area contributed by atoms with E-state index in [0.717, 1.165) is 0 Å². The fourth-order valence-electron chi connectivity index (χ4n) is 4.27. The van der Waals surface area contributed by atoms with Gasteiger partial charge in [0.1, 0.15) is 18.2 Å². The number of aliphatic hydroxyl groups is 1. The molecule has 5 amide bonds. The molecule has 1 saturated heterocycles. The second-order valence-electron chi connectivity index (χ2n) is 11.1. The minimum absolute atomic E-state index is 0.116. The van der Waals surface area contributed by atoms with E-state index in [0.29, 0.717) is 32.2 Å². The van der Waals surface area contributed by atoms with Crippen molar-refractivity contribution in [2.24, 2.45) is 11.8 Å². The van der Waals surface area contributed by atoms with Crippen LogP contribution in [0.4, 0.5) is 4.79 Å². The van der Waals surface area contributed by atoms with Gasteiger partial charge in [-0.1, -0.05) is 27.7 Å². The second-order valence-corrected chi connectivity index (χ2v) is 11.1. The summed E-state index contributed by atoms with van der Waals surface area (Å²) in [6.07, 6.45) is 1.77. The number of carbonyl (C=O) groups is 6. The Balaban J connectivity index is 0.00000101. The van der Waals surface area contributed by atoms with E-state index in [-0.39, 0.29) is 29.8 Å². The van der Waals surface area contributed by atoms with Crippen molar-refractivity contribution < 1.29 is 43.3 Å². The summed E-state index contributed by atoms with van der Waals surface area (Å²) in [6, 6.07) is -1.35. The van der Waals surface area contributed by atoms with Gasteiger partial charge in [-0.2, -0.15) is 0 Å². The van der Waals surface area contributed by atoms with Crippen LogP contribution in [0.5, 0.6) is 0 Å². The first-order valence-electron chi connectivity index (χ1n) is 14.4. The third-order valence-corrected chi connectivity index (χ3v) is 6.74. The lowest BCUT2D eigenvalue weighted by Crippen LogP contribution is -2.47. The number of nitrogens with zero attached hydrogens (tertiary/aromatic N) is 1. The molecule has 42 heavy (non-hydrogen) atoms. The van der Waals surface area contributed by atoms with Crippen LogP contribution in [0.15, 0.2) is 0 Å². The fraction of sp³-hybridized carbons (Fsp3) is 0.786. The highest BCUT2D eigenvalue weighted by Gasteiger charge is 2.38. The predicted octanol–water partition coefficient (Wildman–Crippen LogP) is 0.462. The summed E-state index contributed by atoms with van der Waals surface area (Å²) in [6.45, 7) is 11.8. The Morgan fingerprint density at radius 2 is 1.36 bits per heavy atom. The molecule has 0 saturated carbocycles. The Kier molecular flexibility index (Phi) is 17.4. The average molecular weight is 602 g/mol. The molecule has 1 aliphatic heterocycles. The molecule has 2 unspecified atom stereocenters. The van der Waals surface area contributed by atoms with Crippen molar-refractivity contribution in [2.75, 3.05) is 33.9 Å². The van der Waals surface area contributed by atoms with Gasteiger partial charge >= 0.3 is 12.1 Å². The number of rotatable bonds is 12. The maximum Gasteiger partial charge on any atom is 0.411 e. The number of esters is 1. The van der Waals surface area contributed by atoms with Crippen LogP contribution in [0.25, 0.3) is 0 Å². The summed E-state index contributed by atoms with van der Waals surface area (Å²) in [7, 11) is 3.09. The van der Waals surface area contributed by atoms with Crippen LogP contribution < -0.4 is 21.3 Å². The Bertz CT molecular complexity index is 922. The van der Waals surface area contributed by atoms with E-state index in [9.17, 15) is 28.8 Å². The van der Waals surface area contributed by atoms with E-state index in [1.54, 1.807) is 41.7 Å². The molecule has 0 aromatic rings. The van der Waals surface area contributed by atoms with E-state index in [1.807, 2.05) is 13.8 Å². The first kappa shape index (κ1) is 38.6. The smallest absolute Gasteiger partial charge is 0.411 e. The van der Waals surface area contributed by atoms with Crippen LogP contribution in [0, 0.1) is 11.8 Å². The van der Waals surface area contributed by atoms with Gasteiger partial charge in [0, 0.05) is 32.7 Å². The van der Waals surface area contributed by atoms with Crippen molar-refractivity contribution in [1.29, 1.82) is 0 Å². The number of nitrogens with one attached hydrogen (secondary N) is 4. The van der Waals surface area contributed by atoms with E-state index < -0.39 is 54.7 Å². The van der Waals surface area contributed by atoms with Crippen LogP contribution in [0.2, 0.25) is 0 Å². The van der Waals surface area contributed by atoms with Crippen LogP contribution in [-0.2, 0) is 33.4 Å². The van der Waals surface area contributed by atoms with Crippen LogP contribution in [0.1, 0.15) is 74.1 Å². The Labute approximate surface area is 249 Å². The molecule has 1 fully saturated rings. The minimum atomic E-state index is -0.755. The molecule has 14 nitrogen and oxygen atoms in total. The van der Waals surface area contributed by atoms with Crippen molar-refractivity contribution in [3.63, 3.8) is 0 Å². The second kappa shape index (κ2) is 18.9. The van der Waals surface area contributed by atoms with Gasteiger partial charge in [0.2, 0.25) is 17.7 Å². The number of amides is 5. The Hall–Kier alpha value is -3.42. The Morgan fingerprint density at radius 1 is 0.881 bits per heavy atom. The van der Waals surface area contributed by atoms with Gasteiger partial charge in [-0.15, -0.1) is 0 Å². The molecule has 1 rings (SSSR count). The maximum absolute atomic E-state index is 12.4. The number of aliphatic hydroxyl groups excluding tert-OH is 1. The van der Waals surface area contributed by atoms with Crippen molar-refractivity contribution in [2.45, 2.75) is 97.9 Å². The lowest BCUT2D eigenvalue weighted by molar-refractivity contribution is -0.153. The maximum atomic E-state index is 12.4. The Morgan fingerprint density at radius 3 is 1.76 bits per heavy atom. The summed E-state index contributed by atoms with van der Waals surface area (Å²) < 4.78 is 10.4. The zero-order valence-corrected chi connectivity index (χ0v) is 26.5. The number of likely N-dealkylation sites (tertiary alicyclic amines) is 1. The molecule has 242 valence electrons. The minimum Gasteiger partial charge on any atom is -0.454 e. The third kappa shape index (κ3) is 13.5. The molecule has 0 radical (unpaired) electrons. The van der Waals surface area contributed by atoms with Crippen molar-refractivity contribution >= 4 is 35.7 Å². The zero-order valence-electron chi connectivity index (χ0n) is 26.5. The summed E-state index contributed by atoms with van der Waals surface area (Å²) >= 11 is 0. The molecule has 0 bridgehead atoms. The van der Waals surface area contributed by atoms with Crippen molar-refractivity contribution in [3.05, 3.63) is 0 Å². The summed E-state index contributed by atoms with van der Waals surface area (Å²) in [5, 5.41) is 18.9. The van der Waals surface area contributed by atoms with Gasteiger partial charge in [-0.25, -0.2) is 9.59 Å². The molecule has 5 atom stereocenters. The third-order valence-electron chi connectivity index (χ3n) is 6.74. The largest absolute Gasteiger partial charge is 0.454 e. The highest BCUT2D eigenvalue weighted by Crippen LogP contribution is 2.22. The SMILES string of the molecule is CCC(NC(=O)CO)[C@H](C)C(=O)NC.CCC(NC(=O)COC(=O)[C@@H]1CCCN1C(=O)OC(C)(C)C)[C@H](C)C(=O)NC. The molecule has 14 heteroatoms. The predicted molar refractivity (Wildman–Crippen MR) is 155 cm³/mol. The van der Waals surface area contributed by atoms with Crippen LogP contribution >= 0.6 is 0 Å². The van der Waals surface area contributed by atoms with Crippen molar-refractivity contribution in [1.82, 2.24) is 26.2 Å². The molecule has 1 heterocycles. The highest BCUT2D eigenvalue weighted by molar-refractivity contribution is 5.86. The average Bonchev–Trinajstić information content (AvgIpc) is 3.45. The van der Waals surface area contributed by atoms with E-state index >= 15 is 0 Å². The van der Waals surface area contributed by atoms with Crippen LogP contribution in [-0.4, -0.2) is 103 Å². The first-order chi connectivity index (χ1) is 19.6. The number of carbonyl (C=O) groups excluding carboxylic acids is 6. The molecule has 5 N–H and O–H groups in total. The normalized spacial score (nSPS) is 17.3. The van der Waals surface area contributed by atoms with E-state index in [4.69, 9.17) is 14.6 Å².